The van der Waals surface area contributed by atoms with E-state index in [1.54, 1.807) is 19.2 Å². The van der Waals surface area contributed by atoms with Crippen LogP contribution in [0.15, 0.2) is 35.3 Å². The van der Waals surface area contributed by atoms with Crippen LogP contribution in [-0.4, -0.2) is 7.05 Å². The molecule has 0 aliphatic heterocycles. The standard InChI is InChI=1S/C13H15BrF3N/c1-3-4-5-12(18-2)9-6-7-11(14)10(8-9)13(15,16)17/h3,6-8,12,18H,1,4-5H2,2H3. The van der Waals surface area contributed by atoms with Crippen LogP contribution in [0.4, 0.5) is 13.2 Å². The van der Waals surface area contributed by atoms with E-state index in [0.29, 0.717) is 5.56 Å². The summed E-state index contributed by atoms with van der Waals surface area (Å²) in [6, 6.07) is 4.23. The largest absolute Gasteiger partial charge is 0.417 e. The van der Waals surface area contributed by atoms with Crippen LogP contribution in [0.3, 0.4) is 0 Å². The molecule has 5 heteroatoms. The van der Waals surface area contributed by atoms with E-state index >= 15 is 0 Å². The van der Waals surface area contributed by atoms with Gasteiger partial charge in [0.15, 0.2) is 0 Å². The van der Waals surface area contributed by atoms with E-state index in [2.05, 4.69) is 27.8 Å². The summed E-state index contributed by atoms with van der Waals surface area (Å²) in [5, 5.41) is 3.02. The smallest absolute Gasteiger partial charge is 0.313 e. The lowest BCUT2D eigenvalue weighted by Gasteiger charge is -2.18. The second kappa shape index (κ2) is 6.38. The van der Waals surface area contributed by atoms with Crippen molar-refractivity contribution in [2.24, 2.45) is 0 Å². The van der Waals surface area contributed by atoms with Gasteiger partial charge in [0.05, 0.1) is 5.56 Å². The third-order valence-electron chi connectivity index (χ3n) is 2.71. The summed E-state index contributed by atoms with van der Waals surface area (Å²) in [6.45, 7) is 3.62. The minimum atomic E-state index is -4.34. The van der Waals surface area contributed by atoms with E-state index in [-0.39, 0.29) is 10.5 Å². The molecule has 0 amide bonds. The number of halogens is 4. The summed E-state index contributed by atoms with van der Waals surface area (Å²) in [4.78, 5) is 0. The molecular formula is C13H15BrF3N. The molecule has 1 N–H and O–H groups in total. The van der Waals surface area contributed by atoms with E-state index in [1.807, 2.05) is 0 Å². The Bertz CT molecular complexity index is 415. The summed E-state index contributed by atoms with van der Waals surface area (Å²) >= 11 is 2.93. The molecule has 0 saturated carbocycles. The fraction of sp³-hybridized carbons (Fsp3) is 0.385. The average Bonchev–Trinajstić information content (AvgIpc) is 2.30. The van der Waals surface area contributed by atoms with Crippen LogP contribution in [0.5, 0.6) is 0 Å². The molecule has 100 valence electrons. The van der Waals surface area contributed by atoms with Gasteiger partial charge in [-0.2, -0.15) is 13.2 Å². The van der Waals surface area contributed by atoms with Crippen molar-refractivity contribution in [3.8, 4) is 0 Å². The van der Waals surface area contributed by atoms with Crippen LogP contribution >= 0.6 is 15.9 Å². The zero-order chi connectivity index (χ0) is 13.8. The zero-order valence-corrected chi connectivity index (χ0v) is 11.6. The second-order valence-electron chi connectivity index (χ2n) is 3.94. The van der Waals surface area contributed by atoms with Crippen LogP contribution in [0, 0.1) is 0 Å². The van der Waals surface area contributed by atoms with Gasteiger partial charge >= 0.3 is 6.18 Å². The molecule has 1 atom stereocenters. The Hall–Kier alpha value is -0.810. The van der Waals surface area contributed by atoms with Crippen molar-refractivity contribution in [1.82, 2.24) is 5.32 Å². The summed E-state index contributed by atoms with van der Waals surface area (Å²) in [5.41, 5.74) is -0.00581. The topological polar surface area (TPSA) is 12.0 Å². The van der Waals surface area contributed by atoms with Crippen molar-refractivity contribution in [2.45, 2.75) is 25.1 Å². The number of allylic oxidation sites excluding steroid dienone is 1. The van der Waals surface area contributed by atoms with Crippen molar-refractivity contribution < 1.29 is 13.2 Å². The molecule has 0 aromatic heterocycles. The van der Waals surface area contributed by atoms with Crippen LogP contribution in [0.25, 0.3) is 0 Å². The molecule has 1 unspecified atom stereocenters. The first kappa shape index (κ1) is 15.2. The second-order valence-corrected chi connectivity index (χ2v) is 4.80. The van der Waals surface area contributed by atoms with E-state index in [0.717, 1.165) is 12.8 Å². The Morgan fingerprint density at radius 1 is 1.44 bits per heavy atom. The van der Waals surface area contributed by atoms with Crippen molar-refractivity contribution >= 4 is 15.9 Å². The van der Waals surface area contributed by atoms with E-state index in [1.165, 1.54) is 12.1 Å². The highest BCUT2D eigenvalue weighted by Crippen LogP contribution is 2.36. The lowest BCUT2D eigenvalue weighted by Crippen LogP contribution is -2.17. The molecule has 0 radical (unpaired) electrons. The number of alkyl halides is 3. The maximum Gasteiger partial charge on any atom is 0.417 e. The molecular weight excluding hydrogens is 307 g/mol. The predicted octanol–water partition coefficient (Wildman–Crippen LogP) is 4.69. The maximum atomic E-state index is 12.8. The van der Waals surface area contributed by atoms with Gasteiger partial charge in [-0.1, -0.05) is 28.1 Å². The molecule has 0 heterocycles. The van der Waals surface area contributed by atoms with Crippen LogP contribution in [0.1, 0.15) is 30.0 Å². The van der Waals surface area contributed by atoms with Gasteiger partial charge < -0.3 is 5.32 Å². The third kappa shape index (κ3) is 3.85. The Balaban J connectivity index is 3.06. The molecule has 1 aromatic carbocycles. The highest BCUT2D eigenvalue weighted by molar-refractivity contribution is 9.10. The molecule has 0 aliphatic carbocycles. The number of nitrogens with one attached hydrogen (secondary N) is 1. The number of hydrogen-bond donors (Lipinski definition) is 1. The van der Waals surface area contributed by atoms with E-state index in [9.17, 15) is 13.2 Å². The van der Waals surface area contributed by atoms with Crippen LogP contribution < -0.4 is 5.32 Å². The van der Waals surface area contributed by atoms with E-state index in [4.69, 9.17) is 0 Å². The highest BCUT2D eigenvalue weighted by atomic mass is 79.9. The number of rotatable bonds is 5. The van der Waals surface area contributed by atoms with Gasteiger partial charge in [0.2, 0.25) is 0 Å². The van der Waals surface area contributed by atoms with Gasteiger partial charge in [-0.3, -0.25) is 0 Å². The summed E-state index contributed by atoms with van der Waals surface area (Å²) in [5.74, 6) is 0. The van der Waals surface area contributed by atoms with E-state index < -0.39 is 11.7 Å². The lowest BCUT2D eigenvalue weighted by molar-refractivity contribution is -0.138. The summed E-state index contributed by atoms with van der Waals surface area (Å²) in [6.07, 6.45) is -1.11. The van der Waals surface area contributed by atoms with Crippen molar-refractivity contribution in [3.63, 3.8) is 0 Å². The first-order valence-corrected chi connectivity index (χ1v) is 6.34. The monoisotopic (exact) mass is 321 g/mol. The molecule has 1 aromatic rings. The van der Waals surface area contributed by atoms with Crippen molar-refractivity contribution in [2.75, 3.05) is 7.05 Å². The van der Waals surface area contributed by atoms with Gasteiger partial charge in [-0.15, -0.1) is 6.58 Å². The first-order valence-electron chi connectivity index (χ1n) is 5.55. The fourth-order valence-corrected chi connectivity index (χ4v) is 2.21. The highest BCUT2D eigenvalue weighted by Gasteiger charge is 2.33. The molecule has 18 heavy (non-hydrogen) atoms. The number of hydrogen-bond acceptors (Lipinski definition) is 1. The summed E-state index contributed by atoms with van der Waals surface area (Å²) < 4.78 is 38.4. The Labute approximate surface area is 113 Å². The van der Waals surface area contributed by atoms with Crippen molar-refractivity contribution in [1.29, 1.82) is 0 Å². The normalized spacial score (nSPS) is 13.4. The fourth-order valence-electron chi connectivity index (χ4n) is 1.74. The SMILES string of the molecule is C=CCCC(NC)c1ccc(Br)c(C(F)(F)F)c1. The van der Waals surface area contributed by atoms with Crippen LogP contribution in [-0.2, 0) is 6.18 Å². The molecule has 1 rings (SSSR count). The van der Waals surface area contributed by atoms with Crippen molar-refractivity contribution in [3.05, 3.63) is 46.5 Å². The van der Waals surface area contributed by atoms with Gasteiger partial charge in [0.1, 0.15) is 0 Å². The number of benzene rings is 1. The molecule has 0 spiro atoms. The molecule has 0 fully saturated rings. The Kier molecular flexibility index (Phi) is 5.41. The minimum Gasteiger partial charge on any atom is -0.313 e. The average molecular weight is 322 g/mol. The Morgan fingerprint density at radius 2 is 2.11 bits per heavy atom. The summed E-state index contributed by atoms with van der Waals surface area (Å²) in [7, 11) is 1.74. The zero-order valence-electron chi connectivity index (χ0n) is 10.0. The third-order valence-corrected chi connectivity index (χ3v) is 3.40. The van der Waals surface area contributed by atoms with Gasteiger partial charge in [-0.05, 0) is 37.6 Å². The van der Waals surface area contributed by atoms with Gasteiger partial charge in [0.25, 0.3) is 0 Å². The lowest BCUT2D eigenvalue weighted by atomic mass is 10.00. The molecule has 1 nitrogen and oxygen atoms in total. The maximum absolute atomic E-state index is 12.8. The predicted molar refractivity (Wildman–Crippen MR) is 70.4 cm³/mol. The van der Waals surface area contributed by atoms with Gasteiger partial charge in [-0.25, -0.2) is 0 Å². The van der Waals surface area contributed by atoms with Crippen LogP contribution in [0.2, 0.25) is 0 Å². The molecule has 0 bridgehead atoms. The minimum absolute atomic E-state index is 0.0670. The van der Waals surface area contributed by atoms with Gasteiger partial charge in [0, 0.05) is 10.5 Å². The quantitative estimate of drug-likeness (QED) is 0.775. The molecule has 0 saturated heterocycles. The first-order chi connectivity index (χ1) is 8.40. The Morgan fingerprint density at radius 3 is 2.61 bits per heavy atom. The molecule has 0 aliphatic rings.